The summed E-state index contributed by atoms with van der Waals surface area (Å²) in [5.74, 6) is 0.857. The van der Waals surface area contributed by atoms with Gasteiger partial charge in [0.15, 0.2) is 5.82 Å². The molecule has 1 heterocycles. The van der Waals surface area contributed by atoms with Crippen LogP contribution in [0.3, 0.4) is 0 Å². The summed E-state index contributed by atoms with van der Waals surface area (Å²) in [6, 6.07) is 0.469. The fourth-order valence-corrected chi connectivity index (χ4v) is 2.74. The molecular formula is C11H19ClN4. The summed E-state index contributed by atoms with van der Waals surface area (Å²) in [6.45, 7) is 2.13. The Morgan fingerprint density at radius 1 is 1.38 bits per heavy atom. The topological polar surface area (TPSA) is 43.6 Å². The van der Waals surface area contributed by atoms with E-state index in [-0.39, 0.29) is 5.38 Å². The molecule has 0 spiro atoms. The van der Waals surface area contributed by atoms with Crippen LogP contribution in [0, 0.1) is 0 Å². The lowest BCUT2D eigenvalue weighted by Gasteiger charge is -2.23. The van der Waals surface area contributed by atoms with Crippen LogP contribution >= 0.6 is 11.6 Å². The molecule has 0 aliphatic heterocycles. The molecule has 90 valence electrons. The van der Waals surface area contributed by atoms with Gasteiger partial charge in [-0.1, -0.05) is 32.6 Å². The minimum atomic E-state index is -0.0399. The molecule has 1 aromatic heterocycles. The zero-order valence-corrected chi connectivity index (χ0v) is 10.5. The van der Waals surface area contributed by atoms with Crippen LogP contribution in [0.25, 0.3) is 0 Å². The first kappa shape index (κ1) is 11.8. The summed E-state index contributed by atoms with van der Waals surface area (Å²) < 4.78 is 1.96. The van der Waals surface area contributed by atoms with E-state index in [0.29, 0.717) is 6.04 Å². The Morgan fingerprint density at radius 2 is 2.12 bits per heavy atom. The van der Waals surface area contributed by atoms with E-state index in [0.717, 1.165) is 18.7 Å². The summed E-state index contributed by atoms with van der Waals surface area (Å²) in [4.78, 5) is 0. The van der Waals surface area contributed by atoms with Gasteiger partial charge in [0.1, 0.15) is 0 Å². The van der Waals surface area contributed by atoms with Crippen molar-refractivity contribution in [3.05, 3.63) is 5.82 Å². The average Bonchev–Trinajstić information content (AvgIpc) is 2.79. The first-order valence-electron chi connectivity index (χ1n) is 6.24. The van der Waals surface area contributed by atoms with E-state index in [1.54, 1.807) is 0 Å². The van der Waals surface area contributed by atoms with Crippen molar-refractivity contribution < 1.29 is 0 Å². The van der Waals surface area contributed by atoms with Gasteiger partial charge in [-0.15, -0.1) is 16.7 Å². The summed E-state index contributed by atoms with van der Waals surface area (Å²) in [5, 5.41) is 11.9. The molecule has 5 heteroatoms. The molecule has 1 aliphatic carbocycles. The predicted octanol–water partition coefficient (Wildman–Crippen LogP) is 3.26. The third kappa shape index (κ3) is 2.54. The number of tetrazole rings is 1. The largest absolute Gasteiger partial charge is 0.225 e. The van der Waals surface area contributed by atoms with Crippen molar-refractivity contribution in [1.82, 2.24) is 20.2 Å². The monoisotopic (exact) mass is 242 g/mol. The minimum absolute atomic E-state index is 0.0399. The van der Waals surface area contributed by atoms with E-state index >= 15 is 0 Å². The van der Waals surface area contributed by atoms with Crippen LogP contribution < -0.4 is 0 Å². The Morgan fingerprint density at radius 3 is 2.81 bits per heavy atom. The normalized spacial score (nSPS) is 19.9. The number of hydrogen-bond acceptors (Lipinski definition) is 3. The minimum Gasteiger partial charge on any atom is -0.225 e. The number of rotatable bonds is 4. The highest BCUT2D eigenvalue weighted by molar-refractivity contribution is 6.20. The summed E-state index contributed by atoms with van der Waals surface area (Å²) in [7, 11) is 0. The maximum Gasteiger partial charge on any atom is 0.169 e. The number of nitrogens with zero attached hydrogens (tertiary/aromatic N) is 4. The first-order chi connectivity index (χ1) is 7.83. The molecule has 0 radical (unpaired) electrons. The molecule has 0 bridgehead atoms. The lowest BCUT2D eigenvalue weighted by molar-refractivity contribution is 0.315. The van der Waals surface area contributed by atoms with Crippen LogP contribution in [0.2, 0.25) is 0 Å². The molecular weight excluding hydrogens is 224 g/mol. The highest BCUT2D eigenvalue weighted by Gasteiger charge is 2.23. The van der Waals surface area contributed by atoms with Gasteiger partial charge in [0, 0.05) is 0 Å². The number of hydrogen-bond donors (Lipinski definition) is 0. The van der Waals surface area contributed by atoms with Crippen molar-refractivity contribution in [1.29, 1.82) is 0 Å². The molecule has 1 aliphatic rings. The van der Waals surface area contributed by atoms with E-state index in [4.69, 9.17) is 11.6 Å². The van der Waals surface area contributed by atoms with Gasteiger partial charge in [0.05, 0.1) is 11.4 Å². The van der Waals surface area contributed by atoms with E-state index in [2.05, 4.69) is 22.4 Å². The van der Waals surface area contributed by atoms with Crippen LogP contribution in [-0.2, 0) is 0 Å². The Bertz CT molecular complexity index is 320. The SMILES string of the molecule is CCCC(Cl)c1nnnn1C1CCCCC1. The van der Waals surface area contributed by atoms with Crippen molar-refractivity contribution in [2.45, 2.75) is 63.3 Å². The third-order valence-corrected chi connectivity index (χ3v) is 3.67. The lowest BCUT2D eigenvalue weighted by Crippen LogP contribution is -2.17. The quantitative estimate of drug-likeness (QED) is 0.762. The fraction of sp³-hybridized carbons (Fsp3) is 0.909. The lowest BCUT2D eigenvalue weighted by atomic mass is 9.95. The molecule has 16 heavy (non-hydrogen) atoms. The molecule has 0 aromatic carbocycles. The Kier molecular flexibility index (Phi) is 4.16. The molecule has 1 atom stereocenters. The maximum absolute atomic E-state index is 6.31. The van der Waals surface area contributed by atoms with Gasteiger partial charge in [-0.25, -0.2) is 4.68 Å². The van der Waals surface area contributed by atoms with Crippen LogP contribution in [0.4, 0.5) is 0 Å². The molecule has 0 amide bonds. The van der Waals surface area contributed by atoms with Crippen molar-refractivity contribution in [2.75, 3.05) is 0 Å². The van der Waals surface area contributed by atoms with E-state index < -0.39 is 0 Å². The number of aromatic nitrogens is 4. The molecule has 1 aromatic rings. The average molecular weight is 243 g/mol. The van der Waals surface area contributed by atoms with Gasteiger partial charge < -0.3 is 0 Å². The van der Waals surface area contributed by atoms with Crippen LogP contribution in [0.5, 0.6) is 0 Å². The smallest absolute Gasteiger partial charge is 0.169 e. The van der Waals surface area contributed by atoms with Gasteiger partial charge in [0.2, 0.25) is 0 Å². The Hall–Kier alpha value is -0.640. The van der Waals surface area contributed by atoms with Crippen LogP contribution in [0.15, 0.2) is 0 Å². The standard InChI is InChI=1S/C11H19ClN4/c1-2-6-10(12)11-13-14-15-16(11)9-7-4-3-5-8-9/h9-10H,2-8H2,1H3. The Labute approximate surface area is 101 Å². The van der Waals surface area contributed by atoms with E-state index in [1.807, 2.05) is 4.68 Å². The molecule has 1 saturated carbocycles. The molecule has 4 nitrogen and oxygen atoms in total. The zero-order chi connectivity index (χ0) is 11.4. The molecule has 1 fully saturated rings. The van der Waals surface area contributed by atoms with Crippen molar-refractivity contribution in [3.8, 4) is 0 Å². The number of alkyl halides is 1. The van der Waals surface area contributed by atoms with Gasteiger partial charge in [-0.05, 0) is 29.7 Å². The summed E-state index contributed by atoms with van der Waals surface area (Å²) >= 11 is 6.31. The Balaban J connectivity index is 2.11. The van der Waals surface area contributed by atoms with Crippen molar-refractivity contribution in [3.63, 3.8) is 0 Å². The molecule has 2 rings (SSSR count). The second-order valence-electron chi connectivity index (χ2n) is 4.53. The van der Waals surface area contributed by atoms with Gasteiger partial charge in [-0.2, -0.15) is 0 Å². The summed E-state index contributed by atoms with van der Waals surface area (Å²) in [5.41, 5.74) is 0. The van der Waals surface area contributed by atoms with E-state index in [9.17, 15) is 0 Å². The number of halogens is 1. The van der Waals surface area contributed by atoms with Crippen LogP contribution in [-0.4, -0.2) is 20.2 Å². The molecule has 1 unspecified atom stereocenters. The van der Waals surface area contributed by atoms with Crippen molar-refractivity contribution >= 4 is 11.6 Å². The molecule has 0 saturated heterocycles. The second-order valence-corrected chi connectivity index (χ2v) is 5.06. The molecule has 0 N–H and O–H groups in total. The van der Waals surface area contributed by atoms with Gasteiger partial charge >= 0.3 is 0 Å². The first-order valence-corrected chi connectivity index (χ1v) is 6.68. The third-order valence-electron chi connectivity index (χ3n) is 3.26. The summed E-state index contributed by atoms with van der Waals surface area (Å²) in [6.07, 6.45) is 8.28. The fourth-order valence-electron chi connectivity index (χ4n) is 2.37. The van der Waals surface area contributed by atoms with E-state index in [1.165, 1.54) is 32.1 Å². The predicted molar refractivity (Wildman–Crippen MR) is 63.4 cm³/mol. The highest BCUT2D eigenvalue weighted by atomic mass is 35.5. The highest BCUT2D eigenvalue weighted by Crippen LogP contribution is 2.31. The zero-order valence-electron chi connectivity index (χ0n) is 9.77. The second kappa shape index (κ2) is 5.62. The van der Waals surface area contributed by atoms with Gasteiger partial charge in [-0.3, -0.25) is 0 Å². The maximum atomic E-state index is 6.31. The van der Waals surface area contributed by atoms with Crippen LogP contribution in [0.1, 0.15) is 69.1 Å². The van der Waals surface area contributed by atoms with Gasteiger partial charge in [0.25, 0.3) is 0 Å². The van der Waals surface area contributed by atoms with Crippen molar-refractivity contribution in [2.24, 2.45) is 0 Å².